The highest BCUT2D eigenvalue weighted by atomic mass is 127. The van der Waals surface area contributed by atoms with E-state index in [1.165, 1.54) is 5.56 Å². The zero-order valence-electron chi connectivity index (χ0n) is 11.9. The molecule has 0 fully saturated rings. The fourth-order valence-corrected chi connectivity index (χ4v) is 2.25. The van der Waals surface area contributed by atoms with Crippen molar-refractivity contribution in [3.05, 3.63) is 66.5 Å². The lowest BCUT2D eigenvalue weighted by molar-refractivity contribution is -0.672. The third-order valence-electron chi connectivity index (χ3n) is 3.24. The first-order chi connectivity index (χ1) is 9.83. The van der Waals surface area contributed by atoms with E-state index >= 15 is 0 Å². The Morgan fingerprint density at radius 1 is 1.10 bits per heavy atom. The molecule has 3 rings (SSSR count). The summed E-state index contributed by atoms with van der Waals surface area (Å²) in [5.41, 5.74) is 3.35. The van der Waals surface area contributed by atoms with Crippen LogP contribution < -0.4 is 33.3 Å². The van der Waals surface area contributed by atoms with E-state index in [9.17, 15) is 0 Å². The molecule has 0 aliphatic carbocycles. The number of aryl methyl sites for hydroxylation is 1. The van der Waals surface area contributed by atoms with E-state index in [1.807, 2.05) is 42.7 Å². The zero-order chi connectivity index (χ0) is 13.8. The number of hydrogen-bond acceptors (Lipinski definition) is 2. The topological polar surface area (TPSA) is 26.0 Å². The largest absolute Gasteiger partial charge is 1.00 e. The predicted molar refractivity (Wildman–Crippen MR) is 78.6 cm³/mol. The summed E-state index contributed by atoms with van der Waals surface area (Å²) in [5.74, 6) is 0.920. The predicted octanol–water partition coefficient (Wildman–Crippen LogP) is -0.0863. The second kappa shape index (κ2) is 7.36. The minimum atomic E-state index is 0. The second-order valence-corrected chi connectivity index (χ2v) is 4.77. The molecule has 2 aromatic carbocycles. The van der Waals surface area contributed by atoms with Crippen molar-refractivity contribution in [1.29, 1.82) is 0 Å². The molecule has 108 valence electrons. The normalized spacial score (nSPS) is 10.1. The van der Waals surface area contributed by atoms with Gasteiger partial charge in [0.1, 0.15) is 17.9 Å². The van der Waals surface area contributed by atoms with Crippen LogP contribution in [0.25, 0.3) is 11.0 Å². The third kappa shape index (κ3) is 3.91. The first-order valence-electron chi connectivity index (χ1n) is 6.75. The molecule has 0 radical (unpaired) electrons. The van der Waals surface area contributed by atoms with Crippen LogP contribution in [-0.4, -0.2) is 11.6 Å². The van der Waals surface area contributed by atoms with E-state index < -0.39 is 0 Å². The molecule has 0 aliphatic rings. The molecule has 3 nitrogen and oxygen atoms in total. The van der Waals surface area contributed by atoms with Gasteiger partial charge in [0, 0.05) is 6.07 Å². The van der Waals surface area contributed by atoms with Gasteiger partial charge in [-0.05, 0) is 30.7 Å². The monoisotopic (exact) mass is 392 g/mol. The standard InChI is InChI=1S/C17H17N2O.HI/c1-14-5-4-6-15(13-14)20-12-11-19-10-9-18-16-7-2-3-8-17(16)19;/h2-10,13H,11-12H2,1H3;1H/q+1;/p-1. The summed E-state index contributed by atoms with van der Waals surface area (Å²) in [6.07, 6.45) is 3.82. The van der Waals surface area contributed by atoms with Crippen molar-refractivity contribution in [3.8, 4) is 5.75 Å². The van der Waals surface area contributed by atoms with Gasteiger partial charge in [-0.3, -0.25) is 0 Å². The van der Waals surface area contributed by atoms with Crippen LogP contribution in [-0.2, 0) is 6.54 Å². The van der Waals surface area contributed by atoms with Gasteiger partial charge in [-0.15, -0.1) is 0 Å². The summed E-state index contributed by atoms with van der Waals surface area (Å²) in [6, 6.07) is 16.3. The number of aromatic nitrogens is 2. The molecule has 0 N–H and O–H groups in total. The highest BCUT2D eigenvalue weighted by molar-refractivity contribution is 5.69. The summed E-state index contributed by atoms with van der Waals surface area (Å²) in [6.45, 7) is 3.51. The Hall–Kier alpha value is -1.69. The zero-order valence-corrected chi connectivity index (χ0v) is 14.0. The van der Waals surface area contributed by atoms with Crippen molar-refractivity contribution < 1.29 is 33.3 Å². The Labute approximate surface area is 141 Å². The molecule has 0 saturated heterocycles. The maximum Gasteiger partial charge on any atom is 0.231 e. The lowest BCUT2D eigenvalue weighted by Gasteiger charge is -2.05. The maximum absolute atomic E-state index is 5.80. The van der Waals surface area contributed by atoms with Crippen molar-refractivity contribution in [3.63, 3.8) is 0 Å². The Morgan fingerprint density at radius 3 is 2.81 bits per heavy atom. The first-order valence-corrected chi connectivity index (χ1v) is 6.75. The number of benzene rings is 2. The molecule has 0 saturated carbocycles. The number of hydrogen-bond donors (Lipinski definition) is 0. The average molecular weight is 392 g/mol. The molecule has 21 heavy (non-hydrogen) atoms. The van der Waals surface area contributed by atoms with Crippen LogP contribution >= 0.6 is 0 Å². The van der Waals surface area contributed by atoms with E-state index in [4.69, 9.17) is 4.74 Å². The molecule has 0 unspecified atom stereocenters. The van der Waals surface area contributed by atoms with Crippen LogP contribution in [0.15, 0.2) is 60.9 Å². The van der Waals surface area contributed by atoms with Crippen molar-refractivity contribution in [1.82, 2.24) is 4.98 Å². The van der Waals surface area contributed by atoms with Crippen molar-refractivity contribution in [2.75, 3.05) is 6.61 Å². The van der Waals surface area contributed by atoms with Gasteiger partial charge in [0.25, 0.3) is 0 Å². The lowest BCUT2D eigenvalue weighted by Crippen LogP contribution is -3.00. The van der Waals surface area contributed by atoms with Gasteiger partial charge in [0.15, 0.2) is 12.7 Å². The quantitative estimate of drug-likeness (QED) is 0.459. The molecule has 3 aromatic rings. The Bertz CT molecular complexity index is 725. The van der Waals surface area contributed by atoms with Gasteiger partial charge in [-0.25, -0.2) is 4.98 Å². The van der Waals surface area contributed by atoms with Gasteiger partial charge in [0.2, 0.25) is 5.52 Å². The minimum Gasteiger partial charge on any atom is -1.00 e. The van der Waals surface area contributed by atoms with Crippen LogP contribution in [0.3, 0.4) is 0 Å². The molecule has 1 heterocycles. The number of para-hydroxylation sites is 2. The van der Waals surface area contributed by atoms with E-state index in [0.29, 0.717) is 6.61 Å². The minimum absolute atomic E-state index is 0. The average Bonchev–Trinajstić information content (AvgIpc) is 2.48. The van der Waals surface area contributed by atoms with Crippen LogP contribution in [0.1, 0.15) is 5.56 Å². The number of rotatable bonds is 4. The van der Waals surface area contributed by atoms with Gasteiger partial charge in [-0.2, -0.15) is 4.57 Å². The lowest BCUT2D eigenvalue weighted by atomic mass is 10.2. The number of fused-ring (bicyclic) bond motifs is 1. The summed E-state index contributed by atoms with van der Waals surface area (Å²) in [7, 11) is 0. The Balaban J connectivity index is 0.00000161. The smallest absolute Gasteiger partial charge is 0.231 e. The fraction of sp³-hybridized carbons (Fsp3) is 0.176. The maximum atomic E-state index is 5.80. The first kappa shape index (κ1) is 15.7. The van der Waals surface area contributed by atoms with E-state index in [1.54, 1.807) is 0 Å². The molecular weight excluding hydrogens is 375 g/mol. The molecule has 0 aliphatic heterocycles. The number of ether oxygens (including phenoxy) is 1. The second-order valence-electron chi connectivity index (χ2n) is 4.77. The number of halogens is 1. The van der Waals surface area contributed by atoms with E-state index in [2.05, 4.69) is 34.7 Å². The third-order valence-corrected chi connectivity index (χ3v) is 3.24. The van der Waals surface area contributed by atoms with Gasteiger partial charge >= 0.3 is 0 Å². The molecule has 0 bridgehead atoms. The summed E-state index contributed by atoms with van der Waals surface area (Å²) >= 11 is 0. The molecule has 4 heteroatoms. The fourth-order valence-electron chi connectivity index (χ4n) is 2.25. The van der Waals surface area contributed by atoms with Crippen molar-refractivity contribution in [2.24, 2.45) is 0 Å². The molecule has 1 aromatic heterocycles. The summed E-state index contributed by atoms with van der Waals surface area (Å²) in [5, 5.41) is 0. The van der Waals surface area contributed by atoms with Crippen LogP contribution in [0.5, 0.6) is 5.75 Å². The highest BCUT2D eigenvalue weighted by Crippen LogP contribution is 2.12. The van der Waals surface area contributed by atoms with Crippen LogP contribution in [0, 0.1) is 6.92 Å². The van der Waals surface area contributed by atoms with Crippen LogP contribution in [0.2, 0.25) is 0 Å². The van der Waals surface area contributed by atoms with Gasteiger partial charge < -0.3 is 28.7 Å². The highest BCUT2D eigenvalue weighted by Gasteiger charge is 2.08. The SMILES string of the molecule is Cc1cccc(OCC[n+]2ccnc3ccccc32)c1.[I-]. The molecule has 0 spiro atoms. The molecular formula is C17H17IN2O. The molecule has 0 amide bonds. The summed E-state index contributed by atoms with van der Waals surface area (Å²) < 4.78 is 7.96. The van der Waals surface area contributed by atoms with Crippen LogP contribution in [0.4, 0.5) is 0 Å². The van der Waals surface area contributed by atoms with E-state index in [-0.39, 0.29) is 24.0 Å². The van der Waals surface area contributed by atoms with Gasteiger partial charge in [0.05, 0.1) is 6.20 Å². The van der Waals surface area contributed by atoms with E-state index in [0.717, 1.165) is 23.3 Å². The molecule has 0 atom stereocenters. The Morgan fingerprint density at radius 2 is 1.95 bits per heavy atom. The van der Waals surface area contributed by atoms with Gasteiger partial charge in [-0.1, -0.05) is 24.3 Å². The number of nitrogens with zero attached hydrogens (tertiary/aromatic N) is 2. The summed E-state index contributed by atoms with van der Waals surface area (Å²) in [4.78, 5) is 4.36. The Kier molecular flexibility index (Phi) is 5.50. The van der Waals surface area contributed by atoms with Crippen molar-refractivity contribution >= 4 is 11.0 Å². The van der Waals surface area contributed by atoms with Crippen molar-refractivity contribution in [2.45, 2.75) is 13.5 Å².